The fourth-order valence-electron chi connectivity index (χ4n) is 0.465. The van der Waals surface area contributed by atoms with Crippen LogP contribution in [0.2, 0.25) is 0 Å². The van der Waals surface area contributed by atoms with Crippen LogP contribution in [0.5, 0.6) is 0 Å². The summed E-state index contributed by atoms with van der Waals surface area (Å²) >= 11 is 0. The smallest absolute Gasteiger partial charge is 0.313 e. The summed E-state index contributed by atoms with van der Waals surface area (Å²) in [6.07, 6.45) is -2.07. The minimum Gasteiger partial charge on any atom is -0.313 e. The van der Waals surface area contributed by atoms with E-state index in [-0.39, 0.29) is 0 Å². The van der Waals surface area contributed by atoms with Crippen LogP contribution in [0.3, 0.4) is 0 Å². The van der Waals surface area contributed by atoms with Gasteiger partial charge in [-0.15, -0.1) is 0 Å². The first-order chi connectivity index (χ1) is 3.70. The second-order valence-corrected chi connectivity index (χ2v) is 1.79. The summed E-state index contributed by atoms with van der Waals surface area (Å²) in [6, 6.07) is -0.486. The highest BCUT2D eigenvalue weighted by atomic mass is 19.1. The standard InChI is InChI=1S/C4H5FNO2/c5-2-1-3(2)6-4(7)8/h2-3,6H,1H2/t2-,3+/m1/s1. The van der Waals surface area contributed by atoms with Crippen LogP contribution in [0.15, 0.2) is 0 Å². The van der Waals surface area contributed by atoms with Crippen molar-refractivity contribution in [2.75, 3.05) is 0 Å². The van der Waals surface area contributed by atoms with Crippen molar-refractivity contribution in [3.8, 4) is 0 Å². The Labute approximate surface area is 45.5 Å². The monoisotopic (exact) mass is 118 g/mol. The van der Waals surface area contributed by atoms with Gasteiger partial charge in [-0.2, -0.15) is 0 Å². The lowest BCUT2D eigenvalue weighted by Crippen LogP contribution is -2.23. The first-order valence-electron chi connectivity index (χ1n) is 2.31. The van der Waals surface area contributed by atoms with Gasteiger partial charge in [-0.05, 0) is 0 Å². The minimum atomic E-state index is -1.39. The zero-order chi connectivity index (χ0) is 6.15. The van der Waals surface area contributed by atoms with Crippen molar-refractivity contribution in [2.45, 2.75) is 18.6 Å². The zero-order valence-corrected chi connectivity index (χ0v) is 4.06. The molecule has 0 unspecified atom stereocenters. The summed E-state index contributed by atoms with van der Waals surface area (Å²) in [5.41, 5.74) is 0. The first kappa shape index (κ1) is 5.34. The lowest BCUT2D eigenvalue weighted by Gasteiger charge is -1.88. The third-order valence-electron chi connectivity index (χ3n) is 1.02. The summed E-state index contributed by atoms with van der Waals surface area (Å²) < 4.78 is 11.8. The second-order valence-electron chi connectivity index (χ2n) is 1.79. The Morgan fingerprint density at radius 1 is 1.75 bits per heavy atom. The van der Waals surface area contributed by atoms with E-state index in [1.165, 1.54) is 0 Å². The molecule has 1 amide bonds. The van der Waals surface area contributed by atoms with Crippen LogP contribution in [0.4, 0.5) is 9.18 Å². The third-order valence-corrected chi connectivity index (χ3v) is 1.02. The average molecular weight is 118 g/mol. The van der Waals surface area contributed by atoms with Crippen LogP contribution in [-0.4, -0.2) is 18.3 Å². The lowest BCUT2D eigenvalue weighted by atomic mass is 10.7. The predicted octanol–water partition coefficient (Wildman–Crippen LogP) is 0.237. The van der Waals surface area contributed by atoms with Crippen LogP contribution in [0.25, 0.3) is 0 Å². The number of rotatable bonds is 1. The molecule has 0 aromatic rings. The maximum atomic E-state index is 11.8. The average Bonchev–Trinajstić information content (AvgIpc) is 2.17. The van der Waals surface area contributed by atoms with E-state index in [9.17, 15) is 14.3 Å². The molecule has 1 N–H and O–H groups in total. The number of hydrogen-bond donors (Lipinski definition) is 1. The van der Waals surface area contributed by atoms with Gasteiger partial charge in [0.05, 0.1) is 6.04 Å². The van der Waals surface area contributed by atoms with Gasteiger partial charge in [-0.3, -0.25) is 0 Å². The molecule has 4 heteroatoms. The molecule has 0 aromatic carbocycles. The molecule has 45 valence electrons. The Balaban J connectivity index is 2.14. The number of hydrogen-bond acceptors (Lipinski definition) is 1. The molecule has 0 saturated heterocycles. The summed E-state index contributed by atoms with van der Waals surface area (Å²) in [4.78, 5) is 9.61. The van der Waals surface area contributed by atoms with Crippen molar-refractivity contribution in [1.82, 2.24) is 5.32 Å². The molecule has 1 radical (unpaired) electrons. The van der Waals surface area contributed by atoms with E-state index in [1.807, 2.05) is 5.32 Å². The maximum absolute atomic E-state index is 11.8. The summed E-state index contributed by atoms with van der Waals surface area (Å²) in [6.45, 7) is 0. The molecule has 1 saturated carbocycles. The molecule has 0 aliphatic heterocycles. The van der Waals surface area contributed by atoms with Gasteiger partial charge in [0.15, 0.2) is 0 Å². The van der Waals surface area contributed by atoms with E-state index < -0.39 is 18.3 Å². The quantitative estimate of drug-likeness (QED) is 0.526. The van der Waals surface area contributed by atoms with Gasteiger partial charge in [-0.25, -0.2) is 14.3 Å². The van der Waals surface area contributed by atoms with Crippen molar-refractivity contribution in [1.29, 1.82) is 0 Å². The zero-order valence-electron chi connectivity index (χ0n) is 4.06. The maximum Gasteiger partial charge on any atom is 0.450 e. The van der Waals surface area contributed by atoms with Crippen LogP contribution < -0.4 is 5.32 Å². The SMILES string of the molecule is [O]C(=O)N[C@H]1C[C@H]1F. The van der Waals surface area contributed by atoms with E-state index in [2.05, 4.69) is 0 Å². The summed E-state index contributed by atoms with van der Waals surface area (Å²) in [5.74, 6) is 0. The fourth-order valence-corrected chi connectivity index (χ4v) is 0.465. The van der Waals surface area contributed by atoms with Crippen molar-refractivity contribution in [2.24, 2.45) is 0 Å². The molecule has 1 fully saturated rings. The second kappa shape index (κ2) is 1.61. The van der Waals surface area contributed by atoms with Crippen molar-refractivity contribution < 1.29 is 14.3 Å². The summed E-state index contributed by atoms with van der Waals surface area (Å²) in [5, 5.41) is 11.5. The van der Waals surface area contributed by atoms with Gasteiger partial charge >= 0.3 is 6.09 Å². The molecular formula is C4H5FNO2. The van der Waals surface area contributed by atoms with Gasteiger partial charge in [-0.1, -0.05) is 0 Å². The van der Waals surface area contributed by atoms with Crippen LogP contribution in [0, 0.1) is 0 Å². The Kier molecular flexibility index (Phi) is 1.08. The molecule has 1 aliphatic carbocycles. The van der Waals surface area contributed by atoms with Gasteiger partial charge in [0, 0.05) is 6.42 Å². The number of alkyl halides is 1. The molecule has 3 nitrogen and oxygen atoms in total. The van der Waals surface area contributed by atoms with Crippen LogP contribution in [0.1, 0.15) is 6.42 Å². The molecule has 8 heavy (non-hydrogen) atoms. The number of amides is 1. The number of carbonyl (C=O) groups is 1. The van der Waals surface area contributed by atoms with E-state index >= 15 is 0 Å². The molecule has 0 heterocycles. The highest BCUT2D eigenvalue weighted by Crippen LogP contribution is 2.24. The fraction of sp³-hybridized carbons (Fsp3) is 0.750. The Hall–Kier alpha value is -0.800. The van der Waals surface area contributed by atoms with Crippen molar-refractivity contribution >= 4 is 6.09 Å². The molecule has 0 spiro atoms. The van der Waals surface area contributed by atoms with Crippen LogP contribution >= 0.6 is 0 Å². The van der Waals surface area contributed by atoms with Crippen LogP contribution in [-0.2, 0) is 5.11 Å². The van der Waals surface area contributed by atoms with E-state index in [4.69, 9.17) is 0 Å². The lowest BCUT2D eigenvalue weighted by molar-refractivity contribution is 0.167. The largest absolute Gasteiger partial charge is 0.450 e. The molecule has 0 bridgehead atoms. The number of nitrogens with one attached hydrogen (secondary N) is 1. The Morgan fingerprint density at radius 2 is 2.25 bits per heavy atom. The number of halogens is 1. The predicted molar refractivity (Wildman–Crippen MR) is 22.5 cm³/mol. The normalized spacial score (nSPS) is 34.1. The van der Waals surface area contributed by atoms with Gasteiger partial charge in [0.25, 0.3) is 0 Å². The first-order valence-corrected chi connectivity index (χ1v) is 2.31. The van der Waals surface area contributed by atoms with Gasteiger partial charge in [0.1, 0.15) is 6.17 Å². The minimum absolute atomic E-state index is 0.300. The molecule has 1 aliphatic rings. The highest BCUT2D eigenvalue weighted by Gasteiger charge is 2.38. The Bertz CT molecular complexity index is 117. The highest BCUT2D eigenvalue weighted by molar-refractivity contribution is 5.65. The van der Waals surface area contributed by atoms with Crippen molar-refractivity contribution in [3.05, 3.63) is 0 Å². The van der Waals surface area contributed by atoms with E-state index in [1.54, 1.807) is 0 Å². The van der Waals surface area contributed by atoms with Gasteiger partial charge < -0.3 is 5.32 Å². The Morgan fingerprint density at radius 3 is 2.38 bits per heavy atom. The topological polar surface area (TPSA) is 49.0 Å². The summed E-state index contributed by atoms with van der Waals surface area (Å²) in [7, 11) is 0. The molecule has 2 atom stereocenters. The molecule has 1 rings (SSSR count). The van der Waals surface area contributed by atoms with Crippen molar-refractivity contribution in [3.63, 3.8) is 0 Å². The van der Waals surface area contributed by atoms with E-state index in [0.29, 0.717) is 6.42 Å². The third kappa shape index (κ3) is 1.08. The van der Waals surface area contributed by atoms with Gasteiger partial charge in [0.2, 0.25) is 0 Å². The molecular weight excluding hydrogens is 113 g/mol. The molecule has 0 aromatic heterocycles. The number of carbonyl (C=O) groups excluding carboxylic acids is 1. The van der Waals surface area contributed by atoms with E-state index in [0.717, 1.165) is 0 Å².